The summed E-state index contributed by atoms with van der Waals surface area (Å²) in [6.07, 6.45) is 1.52. The first-order valence-electron chi connectivity index (χ1n) is 6.46. The SMILES string of the molecule is Clc1cccc(Nc2ncnc3c2oc2ccccc23)c1. The van der Waals surface area contributed by atoms with Gasteiger partial charge in [-0.05, 0) is 30.3 Å². The highest BCUT2D eigenvalue weighted by atomic mass is 35.5. The molecule has 0 saturated carbocycles. The number of hydrogen-bond acceptors (Lipinski definition) is 4. The number of aromatic nitrogens is 2. The summed E-state index contributed by atoms with van der Waals surface area (Å²) in [7, 11) is 0. The van der Waals surface area contributed by atoms with Crippen LogP contribution in [0.2, 0.25) is 5.02 Å². The second kappa shape index (κ2) is 4.75. The Kier molecular flexibility index (Phi) is 2.75. The average Bonchev–Trinajstić information content (AvgIpc) is 2.87. The summed E-state index contributed by atoms with van der Waals surface area (Å²) in [5, 5.41) is 4.86. The monoisotopic (exact) mass is 295 g/mol. The number of hydrogen-bond donors (Lipinski definition) is 1. The van der Waals surface area contributed by atoms with Crippen LogP contribution in [-0.2, 0) is 0 Å². The lowest BCUT2D eigenvalue weighted by atomic mass is 10.2. The molecule has 0 unspecified atom stereocenters. The molecule has 21 heavy (non-hydrogen) atoms. The largest absolute Gasteiger partial charge is 0.450 e. The zero-order chi connectivity index (χ0) is 14.2. The first-order chi connectivity index (χ1) is 10.3. The van der Waals surface area contributed by atoms with Crippen LogP contribution in [0.3, 0.4) is 0 Å². The van der Waals surface area contributed by atoms with Gasteiger partial charge >= 0.3 is 0 Å². The third-order valence-corrected chi connectivity index (χ3v) is 3.48. The van der Waals surface area contributed by atoms with Crippen LogP contribution in [0.4, 0.5) is 11.5 Å². The zero-order valence-corrected chi connectivity index (χ0v) is 11.6. The summed E-state index contributed by atoms with van der Waals surface area (Å²) in [6, 6.07) is 15.2. The lowest BCUT2D eigenvalue weighted by Crippen LogP contribution is -1.94. The Morgan fingerprint density at radius 1 is 1.00 bits per heavy atom. The third-order valence-electron chi connectivity index (χ3n) is 3.25. The lowest BCUT2D eigenvalue weighted by Gasteiger charge is -2.05. The molecule has 0 aliphatic rings. The van der Waals surface area contributed by atoms with Crippen LogP contribution in [0.1, 0.15) is 0 Å². The van der Waals surface area contributed by atoms with Crippen molar-refractivity contribution in [3.63, 3.8) is 0 Å². The topological polar surface area (TPSA) is 51.0 Å². The Morgan fingerprint density at radius 2 is 1.90 bits per heavy atom. The third kappa shape index (κ3) is 2.10. The normalized spacial score (nSPS) is 11.1. The van der Waals surface area contributed by atoms with E-state index in [0.29, 0.717) is 16.4 Å². The van der Waals surface area contributed by atoms with E-state index >= 15 is 0 Å². The van der Waals surface area contributed by atoms with E-state index in [4.69, 9.17) is 16.0 Å². The van der Waals surface area contributed by atoms with E-state index in [9.17, 15) is 0 Å². The number of furan rings is 1. The number of fused-ring (bicyclic) bond motifs is 3. The second-order valence-corrected chi connectivity index (χ2v) is 5.07. The molecule has 2 heterocycles. The van der Waals surface area contributed by atoms with Gasteiger partial charge in [0.05, 0.1) is 0 Å². The number of anilines is 2. The van der Waals surface area contributed by atoms with E-state index in [-0.39, 0.29) is 0 Å². The predicted octanol–water partition coefficient (Wildman–Crippen LogP) is 4.77. The molecule has 1 N–H and O–H groups in total. The van der Waals surface area contributed by atoms with Gasteiger partial charge in [-0.15, -0.1) is 0 Å². The van der Waals surface area contributed by atoms with E-state index in [1.165, 1.54) is 6.33 Å². The van der Waals surface area contributed by atoms with Crippen molar-refractivity contribution in [1.82, 2.24) is 9.97 Å². The molecular weight excluding hydrogens is 286 g/mol. The quantitative estimate of drug-likeness (QED) is 0.578. The maximum atomic E-state index is 6.00. The fourth-order valence-corrected chi connectivity index (χ4v) is 2.51. The summed E-state index contributed by atoms with van der Waals surface area (Å²) < 4.78 is 5.87. The molecule has 0 bridgehead atoms. The smallest absolute Gasteiger partial charge is 0.196 e. The van der Waals surface area contributed by atoms with Gasteiger partial charge in [0.15, 0.2) is 11.4 Å². The molecule has 2 aromatic heterocycles. The van der Waals surface area contributed by atoms with Crippen molar-refractivity contribution in [3.8, 4) is 0 Å². The molecule has 4 nitrogen and oxygen atoms in total. The standard InChI is InChI=1S/C16H10ClN3O/c17-10-4-3-5-11(8-10)20-16-15-14(18-9-19-16)12-6-1-2-7-13(12)21-15/h1-9H,(H,18,19,20). The fourth-order valence-electron chi connectivity index (χ4n) is 2.32. The van der Waals surface area contributed by atoms with Gasteiger partial charge in [0.25, 0.3) is 0 Å². The zero-order valence-electron chi connectivity index (χ0n) is 10.9. The molecular formula is C16H10ClN3O. The predicted molar refractivity (Wildman–Crippen MR) is 84.0 cm³/mol. The number of halogens is 1. The number of rotatable bonds is 2. The molecule has 0 aliphatic carbocycles. The number of nitrogens with zero attached hydrogens (tertiary/aromatic N) is 2. The summed E-state index contributed by atoms with van der Waals surface area (Å²) >= 11 is 6.00. The van der Waals surface area contributed by atoms with Crippen molar-refractivity contribution in [1.29, 1.82) is 0 Å². The summed E-state index contributed by atoms with van der Waals surface area (Å²) in [5.74, 6) is 0.624. The Bertz CT molecular complexity index is 948. The Labute approximate surface area is 125 Å². The highest BCUT2D eigenvalue weighted by molar-refractivity contribution is 6.30. The molecule has 5 heteroatoms. The van der Waals surface area contributed by atoms with Gasteiger partial charge in [0, 0.05) is 16.1 Å². The van der Waals surface area contributed by atoms with Crippen LogP contribution in [0.15, 0.2) is 59.3 Å². The van der Waals surface area contributed by atoms with Crippen LogP contribution in [0.25, 0.3) is 22.1 Å². The van der Waals surface area contributed by atoms with Crippen LogP contribution in [0.5, 0.6) is 0 Å². The van der Waals surface area contributed by atoms with Gasteiger partial charge in [-0.3, -0.25) is 0 Å². The molecule has 0 aliphatic heterocycles. The van der Waals surface area contributed by atoms with Crippen LogP contribution in [0, 0.1) is 0 Å². The average molecular weight is 296 g/mol. The van der Waals surface area contributed by atoms with E-state index in [1.54, 1.807) is 0 Å². The maximum absolute atomic E-state index is 6.00. The molecule has 102 valence electrons. The van der Waals surface area contributed by atoms with Gasteiger partial charge in [0.1, 0.15) is 17.4 Å². The van der Waals surface area contributed by atoms with Crippen LogP contribution in [-0.4, -0.2) is 9.97 Å². The minimum absolute atomic E-state index is 0.624. The second-order valence-electron chi connectivity index (χ2n) is 4.63. The van der Waals surface area contributed by atoms with Gasteiger partial charge in [-0.2, -0.15) is 0 Å². The Balaban J connectivity index is 1.89. The molecule has 0 spiro atoms. The van der Waals surface area contributed by atoms with Crippen molar-refractivity contribution in [3.05, 3.63) is 59.9 Å². The van der Waals surface area contributed by atoms with Gasteiger partial charge < -0.3 is 9.73 Å². The van der Waals surface area contributed by atoms with E-state index in [1.807, 2.05) is 48.5 Å². The maximum Gasteiger partial charge on any atom is 0.196 e. The summed E-state index contributed by atoms with van der Waals surface area (Å²) in [4.78, 5) is 8.59. The van der Waals surface area contributed by atoms with Crippen molar-refractivity contribution in [2.24, 2.45) is 0 Å². The first-order valence-corrected chi connectivity index (χ1v) is 6.84. The molecule has 4 rings (SSSR count). The Morgan fingerprint density at radius 3 is 2.81 bits per heavy atom. The summed E-state index contributed by atoms with van der Waals surface area (Å²) in [5.41, 5.74) is 3.08. The van der Waals surface area contributed by atoms with Crippen molar-refractivity contribution >= 4 is 45.2 Å². The minimum atomic E-state index is 0.624. The van der Waals surface area contributed by atoms with Gasteiger partial charge in [-0.25, -0.2) is 9.97 Å². The van der Waals surface area contributed by atoms with Crippen LogP contribution < -0.4 is 5.32 Å². The number of nitrogens with one attached hydrogen (secondary N) is 1. The Hall–Kier alpha value is -2.59. The van der Waals surface area contributed by atoms with Crippen molar-refractivity contribution < 1.29 is 4.42 Å². The van der Waals surface area contributed by atoms with Crippen molar-refractivity contribution in [2.45, 2.75) is 0 Å². The molecule has 0 fully saturated rings. The molecule has 0 saturated heterocycles. The van der Waals surface area contributed by atoms with Gasteiger partial charge in [0.2, 0.25) is 0 Å². The molecule has 0 amide bonds. The molecule has 4 aromatic rings. The number of para-hydroxylation sites is 1. The van der Waals surface area contributed by atoms with E-state index in [2.05, 4.69) is 15.3 Å². The summed E-state index contributed by atoms with van der Waals surface area (Å²) in [6.45, 7) is 0. The fraction of sp³-hybridized carbons (Fsp3) is 0. The minimum Gasteiger partial charge on any atom is -0.450 e. The van der Waals surface area contributed by atoms with Crippen molar-refractivity contribution in [2.75, 3.05) is 5.32 Å². The highest BCUT2D eigenvalue weighted by Crippen LogP contribution is 2.31. The molecule has 2 aromatic carbocycles. The van der Waals surface area contributed by atoms with E-state index < -0.39 is 0 Å². The molecule has 0 atom stereocenters. The van der Waals surface area contributed by atoms with Crippen LogP contribution >= 0.6 is 11.6 Å². The first kappa shape index (κ1) is 12.2. The van der Waals surface area contributed by atoms with Gasteiger partial charge in [-0.1, -0.05) is 29.8 Å². The lowest BCUT2D eigenvalue weighted by molar-refractivity contribution is 0.667. The number of benzene rings is 2. The molecule has 0 radical (unpaired) electrons. The van der Waals surface area contributed by atoms with E-state index in [0.717, 1.165) is 22.2 Å². The highest BCUT2D eigenvalue weighted by Gasteiger charge is 2.12.